The molecule has 0 spiro atoms. The van der Waals surface area contributed by atoms with E-state index in [1.807, 2.05) is 17.6 Å². The van der Waals surface area contributed by atoms with Crippen LogP contribution in [0.25, 0.3) is 0 Å². The van der Waals surface area contributed by atoms with Crippen LogP contribution < -0.4 is 4.90 Å². The Labute approximate surface area is 131 Å². The molecule has 21 heavy (non-hydrogen) atoms. The third-order valence-corrected chi connectivity index (χ3v) is 4.74. The summed E-state index contributed by atoms with van der Waals surface area (Å²) in [4.78, 5) is 14.1. The lowest BCUT2D eigenvalue weighted by molar-refractivity contribution is -0.133. The number of thioether (sulfide) groups is 1. The molecule has 2 heterocycles. The Morgan fingerprint density at radius 1 is 1.48 bits per heavy atom. The van der Waals surface area contributed by atoms with E-state index in [9.17, 15) is 4.79 Å². The zero-order valence-corrected chi connectivity index (χ0v) is 13.7. The minimum Gasteiger partial charge on any atom is -0.481 e. The second kappa shape index (κ2) is 7.46. The van der Waals surface area contributed by atoms with E-state index in [-0.39, 0.29) is 5.75 Å². The number of carboxylic acids is 1. The largest absolute Gasteiger partial charge is 0.481 e. The Kier molecular flexibility index (Phi) is 5.63. The van der Waals surface area contributed by atoms with Gasteiger partial charge in [-0.1, -0.05) is 17.8 Å². The lowest BCUT2D eigenvalue weighted by Crippen LogP contribution is -2.25. The van der Waals surface area contributed by atoms with Gasteiger partial charge in [0, 0.05) is 18.0 Å². The molecule has 6 nitrogen and oxygen atoms in total. The molecule has 0 aliphatic heterocycles. The van der Waals surface area contributed by atoms with Crippen molar-refractivity contribution in [2.45, 2.75) is 32.1 Å². The molecular formula is C13H18N4O2S2. The third kappa shape index (κ3) is 3.98. The first-order valence-electron chi connectivity index (χ1n) is 6.70. The van der Waals surface area contributed by atoms with Gasteiger partial charge in [0.25, 0.3) is 0 Å². The van der Waals surface area contributed by atoms with Crippen LogP contribution in [0.15, 0.2) is 22.7 Å². The first-order chi connectivity index (χ1) is 10.2. The average molecular weight is 326 g/mol. The van der Waals surface area contributed by atoms with Crippen LogP contribution in [-0.2, 0) is 17.9 Å². The van der Waals surface area contributed by atoms with Gasteiger partial charge in [-0.25, -0.2) is 0 Å². The Morgan fingerprint density at radius 3 is 2.86 bits per heavy atom. The number of rotatable bonds is 8. The van der Waals surface area contributed by atoms with Crippen LogP contribution in [0.3, 0.4) is 0 Å². The summed E-state index contributed by atoms with van der Waals surface area (Å²) in [5.41, 5.74) is 0. The molecule has 2 rings (SSSR count). The lowest BCUT2D eigenvalue weighted by atomic mass is 10.4. The monoisotopic (exact) mass is 326 g/mol. The Bertz CT molecular complexity index is 583. The molecule has 8 heteroatoms. The van der Waals surface area contributed by atoms with Crippen LogP contribution in [-0.4, -0.2) is 38.1 Å². The summed E-state index contributed by atoms with van der Waals surface area (Å²) in [6.45, 7) is 6.41. The fourth-order valence-corrected chi connectivity index (χ4v) is 3.38. The molecule has 0 atom stereocenters. The van der Waals surface area contributed by atoms with Gasteiger partial charge >= 0.3 is 5.97 Å². The highest BCUT2D eigenvalue weighted by molar-refractivity contribution is 7.99. The van der Waals surface area contributed by atoms with Crippen LogP contribution >= 0.6 is 23.1 Å². The number of hydrogen-bond acceptors (Lipinski definition) is 6. The van der Waals surface area contributed by atoms with Crippen molar-refractivity contribution in [3.63, 3.8) is 0 Å². The summed E-state index contributed by atoms with van der Waals surface area (Å²) in [5.74, 6) is -0.0609. The minimum absolute atomic E-state index is 0.00478. The Balaban J connectivity index is 2.18. The van der Waals surface area contributed by atoms with Crippen molar-refractivity contribution in [2.24, 2.45) is 0 Å². The SMILES string of the molecule is CCN(Cc1cccs1)c1nnc(SCC(=O)O)n1CC. The van der Waals surface area contributed by atoms with E-state index in [0.717, 1.165) is 19.0 Å². The number of thiophene rings is 1. The molecule has 1 N–H and O–H groups in total. The van der Waals surface area contributed by atoms with Gasteiger partial charge in [0.05, 0.1) is 12.3 Å². The van der Waals surface area contributed by atoms with Crippen LogP contribution in [0.5, 0.6) is 0 Å². The van der Waals surface area contributed by atoms with Crippen molar-refractivity contribution in [1.29, 1.82) is 0 Å². The zero-order valence-electron chi connectivity index (χ0n) is 12.0. The van der Waals surface area contributed by atoms with E-state index in [1.165, 1.54) is 16.6 Å². The summed E-state index contributed by atoms with van der Waals surface area (Å²) in [5, 5.41) is 19.9. The van der Waals surface area contributed by atoms with Gasteiger partial charge in [-0.05, 0) is 25.3 Å². The number of aromatic nitrogens is 3. The molecule has 0 bridgehead atoms. The second-order valence-corrected chi connectivity index (χ2v) is 6.28. The number of anilines is 1. The van der Waals surface area contributed by atoms with Crippen LogP contribution in [0.1, 0.15) is 18.7 Å². The molecule has 0 saturated carbocycles. The summed E-state index contributed by atoms with van der Waals surface area (Å²) in [6, 6.07) is 4.13. The molecule has 114 valence electrons. The maximum atomic E-state index is 10.7. The highest BCUT2D eigenvalue weighted by atomic mass is 32.2. The van der Waals surface area contributed by atoms with Crippen LogP contribution in [0.2, 0.25) is 0 Å². The predicted octanol–water partition coefficient (Wildman–Crippen LogP) is 2.56. The number of nitrogens with zero attached hydrogens (tertiary/aromatic N) is 4. The van der Waals surface area contributed by atoms with Crippen molar-refractivity contribution in [1.82, 2.24) is 14.8 Å². The van der Waals surface area contributed by atoms with Gasteiger partial charge in [-0.15, -0.1) is 21.5 Å². The summed E-state index contributed by atoms with van der Waals surface area (Å²) >= 11 is 2.92. The summed E-state index contributed by atoms with van der Waals surface area (Å²) in [7, 11) is 0. The van der Waals surface area contributed by atoms with E-state index >= 15 is 0 Å². The van der Waals surface area contributed by atoms with Gasteiger partial charge in [-0.3, -0.25) is 9.36 Å². The van der Waals surface area contributed by atoms with E-state index in [2.05, 4.69) is 33.5 Å². The van der Waals surface area contributed by atoms with Crippen LogP contribution in [0, 0.1) is 0 Å². The number of hydrogen-bond donors (Lipinski definition) is 1. The molecule has 0 fully saturated rings. The second-order valence-electron chi connectivity index (χ2n) is 4.30. The van der Waals surface area contributed by atoms with Gasteiger partial charge in [-0.2, -0.15) is 0 Å². The topological polar surface area (TPSA) is 71.2 Å². The third-order valence-electron chi connectivity index (χ3n) is 2.93. The highest BCUT2D eigenvalue weighted by Crippen LogP contribution is 2.23. The number of carbonyl (C=O) groups is 1. The highest BCUT2D eigenvalue weighted by Gasteiger charge is 2.17. The molecule has 2 aromatic heterocycles. The number of carboxylic acid groups (broad SMARTS) is 1. The fourth-order valence-electron chi connectivity index (χ4n) is 1.94. The average Bonchev–Trinajstić information content (AvgIpc) is 3.11. The van der Waals surface area contributed by atoms with Gasteiger partial charge in [0.15, 0.2) is 5.16 Å². The predicted molar refractivity (Wildman–Crippen MR) is 85.1 cm³/mol. The molecule has 0 radical (unpaired) electrons. The maximum absolute atomic E-state index is 10.7. The molecule has 0 aliphatic rings. The maximum Gasteiger partial charge on any atom is 0.313 e. The Hall–Kier alpha value is -1.54. The summed E-state index contributed by atoms with van der Waals surface area (Å²) < 4.78 is 1.96. The van der Waals surface area contributed by atoms with Gasteiger partial charge < -0.3 is 10.0 Å². The molecule has 0 amide bonds. The molecular weight excluding hydrogens is 308 g/mol. The fraction of sp³-hybridized carbons (Fsp3) is 0.462. The normalized spacial score (nSPS) is 10.8. The minimum atomic E-state index is -0.849. The van der Waals surface area contributed by atoms with Crippen molar-refractivity contribution < 1.29 is 9.90 Å². The molecule has 0 aliphatic carbocycles. The van der Waals surface area contributed by atoms with E-state index in [0.29, 0.717) is 11.7 Å². The van der Waals surface area contributed by atoms with E-state index < -0.39 is 5.97 Å². The summed E-state index contributed by atoms with van der Waals surface area (Å²) in [6.07, 6.45) is 0. The van der Waals surface area contributed by atoms with E-state index in [1.54, 1.807) is 11.3 Å². The zero-order chi connectivity index (χ0) is 15.2. The first-order valence-corrected chi connectivity index (χ1v) is 8.57. The van der Waals surface area contributed by atoms with Crippen LogP contribution in [0.4, 0.5) is 5.95 Å². The molecule has 0 unspecified atom stereocenters. The van der Waals surface area contributed by atoms with Crippen molar-refractivity contribution >= 4 is 35.0 Å². The van der Waals surface area contributed by atoms with Crippen molar-refractivity contribution in [3.05, 3.63) is 22.4 Å². The van der Waals surface area contributed by atoms with E-state index in [4.69, 9.17) is 5.11 Å². The quantitative estimate of drug-likeness (QED) is 0.752. The smallest absolute Gasteiger partial charge is 0.313 e. The molecule has 0 aromatic carbocycles. The standard InChI is InChI=1S/C13H18N4O2S2/c1-3-16(8-10-6-5-7-20-10)12-14-15-13(17(12)4-2)21-9-11(18)19/h5-7H,3-4,8-9H2,1-2H3,(H,18,19). The molecule has 0 saturated heterocycles. The lowest BCUT2D eigenvalue weighted by Gasteiger charge is -2.21. The molecule has 2 aromatic rings. The van der Waals surface area contributed by atoms with Crippen molar-refractivity contribution in [3.8, 4) is 0 Å². The van der Waals surface area contributed by atoms with Crippen molar-refractivity contribution in [2.75, 3.05) is 17.2 Å². The van der Waals surface area contributed by atoms with Gasteiger partial charge in [0.1, 0.15) is 0 Å². The first kappa shape index (κ1) is 15.8. The number of aliphatic carboxylic acids is 1. The van der Waals surface area contributed by atoms with Gasteiger partial charge in [0.2, 0.25) is 5.95 Å². The Morgan fingerprint density at radius 2 is 2.29 bits per heavy atom.